The highest BCUT2D eigenvalue weighted by Gasteiger charge is 1.94. The molecule has 0 fully saturated rings. The Balaban J connectivity index is 2.75. The van der Waals surface area contributed by atoms with Crippen molar-refractivity contribution in [2.75, 3.05) is 0 Å². The molecule has 0 amide bonds. The first kappa shape index (κ1) is 12.2. The number of rotatable bonds is 4. The van der Waals surface area contributed by atoms with Crippen molar-refractivity contribution in [1.29, 1.82) is 0 Å². The van der Waals surface area contributed by atoms with E-state index in [2.05, 4.69) is 41.1 Å². The third-order valence-corrected chi connectivity index (χ3v) is 2.43. The number of allylic oxidation sites excluding steroid dienone is 2. The van der Waals surface area contributed by atoms with E-state index in [4.69, 9.17) is 0 Å². The van der Waals surface area contributed by atoms with Crippen molar-refractivity contribution in [1.82, 2.24) is 0 Å². The summed E-state index contributed by atoms with van der Waals surface area (Å²) in [4.78, 5) is 4.27. The minimum Gasteiger partial charge on any atom is -0.255 e. The minimum atomic E-state index is 0.957. The molecular weight excluding hydrogens is 297 g/mol. The van der Waals surface area contributed by atoms with Gasteiger partial charge < -0.3 is 0 Å². The van der Waals surface area contributed by atoms with E-state index in [9.17, 15) is 0 Å². The Bertz CT molecular complexity index is 377. The zero-order valence-corrected chi connectivity index (χ0v) is 10.9. The molecule has 0 radical (unpaired) electrons. The molecule has 0 N–H and O–H groups in total. The monoisotopic (exact) mass is 311 g/mol. The maximum atomic E-state index is 4.27. The molecule has 0 saturated heterocycles. The summed E-state index contributed by atoms with van der Waals surface area (Å²) in [5.41, 5.74) is 2.13. The summed E-state index contributed by atoms with van der Waals surface area (Å²) in [6.07, 6.45) is 4.84. The molecule has 0 bridgehead atoms. The van der Waals surface area contributed by atoms with Crippen LogP contribution < -0.4 is 0 Å². The Hall–Kier alpha value is -0.900. The Morgan fingerprint density at radius 1 is 1.40 bits per heavy atom. The number of halogens is 1. The van der Waals surface area contributed by atoms with Gasteiger partial charge in [-0.15, -0.1) is 0 Å². The SMILES string of the molecule is C=C(/C=C(/I)N=CCC)c1ccccc1. The molecule has 1 aromatic carbocycles. The van der Waals surface area contributed by atoms with E-state index in [1.165, 1.54) is 0 Å². The molecule has 0 atom stereocenters. The predicted octanol–water partition coefficient (Wildman–Crippen LogP) is 4.46. The van der Waals surface area contributed by atoms with Crippen LogP contribution in [-0.4, -0.2) is 6.21 Å². The molecule has 1 aromatic rings. The standard InChI is InChI=1S/C13H14IN/c1-3-9-15-13(14)10-11(2)12-7-5-4-6-8-12/h4-10H,2-3H2,1H3/b13-10-,15-9?. The summed E-state index contributed by atoms with van der Waals surface area (Å²) in [5, 5.41) is 0. The predicted molar refractivity (Wildman–Crippen MR) is 76.4 cm³/mol. The van der Waals surface area contributed by atoms with Gasteiger partial charge in [-0.25, -0.2) is 0 Å². The number of aliphatic imine (C=N–C) groups is 1. The van der Waals surface area contributed by atoms with E-state index in [1.807, 2.05) is 42.6 Å². The lowest BCUT2D eigenvalue weighted by Gasteiger charge is -1.99. The summed E-state index contributed by atoms with van der Waals surface area (Å²) in [6.45, 7) is 6.09. The minimum absolute atomic E-state index is 0.957. The molecule has 0 aliphatic rings. The van der Waals surface area contributed by atoms with Gasteiger partial charge in [0.1, 0.15) is 3.70 Å². The zero-order chi connectivity index (χ0) is 11.1. The third kappa shape index (κ3) is 4.42. The molecule has 2 heteroatoms. The van der Waals surface area contributed by atoms with E-state index in [0.717, 1.165) is 21.3 Å². The van der Waals surface area contributed by atoms with Crippen LogP contribution in [0.25, 0.3) is 5.57 Å². The largest absolute Gasteiger partial charge is 0.255 e. The highest BCUT2D eigenvalue weighted by atomic mass is 127. The lowest BCUT2D eigenvalue weighted by atomic mass is 10.1. The molecule has 1 rings (SSSR count). The van der Waals surface area contributed by atoms with Gasteiger partial charge in [-0.05, 0) is 46.2 Å². The average Bonchev–Trinajstić information content (AvgIpc) is 2.27. The number of nitrogens with zero attached hydrogens (tertiary/aromatic N) is 1. The van der Waals surface area contributed by atoms with Crippen molar-refractivity contribution in [3.05, 3.63) is 52.3 Å². The van der Waals surface area contributed by atoms with Crippen molar-refractivity contribution >= 4 is 34.4 Å². The van der Waals surface area contributed by atoms with Crippen LogP contribution >= 0.6 is 22.6 Å². The van der Waals surface area contributed by atoms with Gasteiger partial charge in [-0.3, -0.25) is 4.99 Å². The van der Waals surface area contributed by atoms with Gasteiger partial charge in [-0.1, -0.05) is 43.8 Å². The molecule has 0 aromatic heterocycles. The molecule has 0 unspecified atom stereocenters. The molecule has 15 heavy (non-hydrogen) atoms. The van der Waals surface area contributed by atoms with Crippen LogP contribution in [0.2, 0.25) is 0 Å². The molecular formula is C13H14IN. The number of hydrogen-bond donors (Lipinski definition) is 0. The highest BCUT2D eigenvalue weighted by Crippen LogP contribution is 2.18. The molecule has 78 valence electrons. The molecule has 0 aliphatic heterocycles. The third-order valence-electron chi connectivity index (χ3n) is 1.84. The molecule has 0 saturated carbocycles. The maximum Gasteiger partial charge on any atom is 0.101 e. The van der Waals surface area contributed by atoms with Gasteiger partial charge in [0.15, 0.2) is 0 Å². The first-order valence-corrected chi connectivity index (χ1v) is 5.96. The van der Waals surface area contributed by atoms with E-state index in [-0.39, 0.29) is 0 Å². The van der Waals surface area contributed by atoms with Gasteiger partial charge in [0.2, 0.25) is 0 Å². The fourth-order valence-electron chi connectivity index (χ4n) is 1.10. The quantitative estimate of drug-likeness (QED) is 0.337. The highest BCUT2D eigenvalue weighted by molar-refractivity contribution is 14.1. The fraction of sp³-hybridized carbons (Fsp3) is 0.154. The topological polar surface area (TPSA) is 12.4 Å². The maximum absolute atomic E-state index is 4.27. The van der Waals surface area contributed by atoms with Gasteiger partial charge >= 0.3 is 0 Å². The van der Waals surface area contributed by atoms with Crippen LogP contribution in [0, 0.1) is 0 Å². The lowest BCUT2D eigenvalue weighted by Crippen LogP contribution is -1.78. The Morgan fingerprint density at radius 3 is 2.67 bits per heavy atom. The Labute approximate surface area is 105 Å². The second-order valence-electron chi connectivity index (χ2n) is 3.08. The molecule has 0 aliphatic carbocycles. The summed E-state index contributed by atoms with van der Waals surface area (Å²) < 4.78 is 0.961. The van der Waals surface area contributed by atoms with E-state index in [1.54, 1.807) is 0 Å². The second kappa shape index (κ2) is 6.56. The van der Waals surface area contributed by atoms with Crippen molar-refractivity contribution in [3.63, 3.8) is 0 Å². The van der Waals surface area contributed by atoms with Crippen molar-refractivity contribution < 1.29 is 0 Å². The Kier molecular flexibility index (Phi) is 5.32. The van der Waals surface area contributed by atoms with Crippen molar-refractivity contribution in [3.8, 4) is 0 Å². The van der Waals surface area contributed by atoms with Gasteiger partial charge in [0, 0.05) is 6.21 Å². The summed E-state index contributed by atoms with van der Waals surface area (Å²) in [7, 11) is 0. The normalized spacial score (nSPS) is 12.0. The fourth-order valence-corrected chi connectivity index (χ4v) is 1.67. The molecule has 0 spiro atoms. The average molecular weight is 311 g/mol. The molecule has 1 nitrogen and oxygen atoms in total. The van der Waals surface area contributed by atoms with Crippen LogP contribution in [0.15, 0.2) is 51.7 Å². The summed E-state index contributed by atoms with van der Waals surface area (Å²) in [6, 6.07) is 10.1. The van der Waals surface area contributed by atoms with Crippen LogP contribution in [0.3, 0.4) is 0 Å². The van der Waals surface area contributed by atoms with Crippen LogP contribution in [0.4, 0.5) is 0 Å². The van der Waals surface area contributed by atoms with Gasteiger partial charge in [0.25, 0.3) is 0 Å². The van der Waals surface area contributed by atoms with Crippen LogP contribution in [0.5, 0.6) is 0 Å². The van der Waals surface area contributed by atoms with Crippen molar-refractivity contribution in [2.45, 2.75) is 13.3 Å². The van der Waals surface area contributed by atoms with Crippen molar-refractivity contribution in [2.24, 2.45) is 4.99 Å². The first-order valence-electron chi connectivity index (χ1n) is 4.88. The van der Waals surface area contributed by atoms with E-state index < -0.39 is 0 Å². The second-order valence-corrected chi connectivity index (χ2v) is 4.18. The van der Waals surface area contributed by atoms with Crippen LogP contribution in [0.1, 0.15) is 18.9 Å². The number of benzene rings is 1. The summed E-state index contributed by atoms with van der Waals surface area (Å²) >= 11 is 2.21. The first-order chi connectivity index (χ1) is 7.24. The van der Waals surface area contributed by atoms with Crippen LogP contribution in [-0.2, 0) is 0 Å². The molecule has 0 heterocycles. The number of hydrogen-bond acceptors (Lipinski definition) is 1. The van der Waals surface area contributed by atoms with Gasteiger partial charge in [0.05, 0.1) is 0 Å². The smallest absolute Gasteiger partial charge is 0.101 e. The van der Waals surface area contributed by atoms with E-state index >= 15 is 0 Å². The van der Waals surface area contributed by atoms with E-state index in [0.29, 0.717) is 0 Å². The Morgan fingerprint density at radius 2 is 2.07 bits per heavy atom. The lowest BCUT2D eigenvalue weighted by molar-refractivity contribution is 1.31. The summed E-state index contributed by atoms with van der Waals surface area (Å²) in [5.74, 6) is 0. The zero-order valence-electron chi connectivity index (χ0n) is 8.78. The van der Waals surface area contributed by atoms with Gasteiger partial charge in [-0.2, -0.15) is 0 Å².